The molecule has 7 rings (SSSR count). The molecule has 0 saturated carbocycles. The number of carbonyl (C=O) groups excluding carboxylic acids is 1. The van der Waals surface area contributed by atoms with E-state index in [1.807, 2.05) is 79.1 Å². The fourth-order valence-electron chi connectivity index (χ4n) is 4.65. The molecule has 2 aromatic carbocycles. The molecule has 8 heteroatoms. The lowest BCUT2D eigenvalue weighted by Gasteiger charge is -2.27. The number of benzene rings is 2. The number of para-hydroxylation sites is 1. The molecule has 0 fully saturated rings. The van der Waals surface area contributed by atoms with Crippen LogP contribution in [0.5, 0.6) is 0 Å². The van der Waals surface area contributed by atoms with Crippen molar-refractivity contribution in [3.63, 3.8) is 0 Å². The minimum absolute atomic E-state index is 0.134. The van der Waals surface area contributed by atoms with Crippen LogP contribution < -0.4 is 5.32 Å². The number of hydrogen-bond donors (Lipinski definition) is 1. The first-order valence-electron chi connectivity index (χ1n) is 10.8. The lowest BCUT2D eigenvalue weighted by Crippen LogP contribution is -2.41. The smallest absolute Gasteiger partial charge is 0.268 e. The van der Waals surface area contributed by atoms with Gasteiger partial charge in [-0.15, -0.1) is 5.10 Å². The van der Waals surface area contributed by atoms with Gasteiger partial charge >= 0.3 is 0 Å². The average Bonchev–Trinajstić information content (AvgIpc) is 3.53. The third kappa shape index (κ3) is 2.54. The molecule has 164 valence electrons. The molecule has 7 nitrogen and oxygen atoms in total. The fraction of sp³-hybridized carbons (Fsp3) is 0.0769. The van der Waals surface area contributed by atoms with Crippen LogP contribution in [0.4, 0.5) is 5.69 Å². The number of amides is 1. The van der Waals surface area contributed by atoms with Crippen LogP contribution in [0.15, 0.2) is 89.3 Å². The predicted molar refractivity (Wildman–Crippen MR) is 132 cm³/mol. The number of hydrazone groups is 1. The Balaban J connectivity index is 1.41. The van der Waals surface area contributed by atoms with Crippen molar-refractivity contribution in [2.75, 3.05) is 5.32 Å². The number of aromatic nitrogens is 2. The van der Waals surface area contributed by atoms with Gasteiger partial charge in [0.1, 0.15) is 0 Å². The fourth-order valence-corrected chi connectivity index (χ4v) is 5.75. The molecule has 34 heavy (non-hydrogen) atoms. The van der Waals surface area contributed by atoms with Crippen LogP contribution in [0.1, 0.15) is 16.7 Å². The maximum Gasteiger partial charge on any atom is 0.268 e. The van der Waals surface area contributed by atoms with Crippen LogP contribution in [0.25, 0.3) is 22.3 Å². The Labute approximate surface area is 199 Å². The van der Waals surface area contributed by atoms with Crippen molar-refractivity contribution in [1.82, 2.24) is 15.0 Å². The van der Waals surface area contributed by atoms with E-state index in [1.165, 1.54) is 11.8 Å². The number of thioether (sulfide) groups is 1. The number of fused-ring (bicyclic) bond motifs is 5. The number of ether oxygens (including phenoxy) is 1. The molecule has 5 heterocycles. The molecule has 1 unspecified atom stereocenters. The summed E-state index contributed by atoms with van der Waals surface area (Å²) in [5.41, 5.74) is 5.77. The van der Waals surface area contributed by atoms with Crippen molar-refractivity contribution < 1.29 is 9.53 Å². The normalized spacial score (nSPS) is 20.1. The number of nitrogens with zero attached hydrogens (tertiary/aromatic N) is 4. The molecule has 0 bridgehead atoms. The lowest BCUT2D eigenvalue weighted by atomic mass is 10.0. The van der Waals surface area contributed by atoms with Gasteiger partial charge in [0.15, 0.2) is 5.65 Å². The SMILES string of the molecule is Cc1cccc2c1NC(=O)C21SC=C2OC(c3cc4cccnc4nc3-c3ccccc3)=NN21. The van der Waals surface area contributed by atoms with Gasteiger partial charge in [0.25, 0.3) is 5.91 Å². The first-order valence-corrected chi connectivity index (χ1v) is 11.7. The van der Waals surface area contributed by atoms with Crippen molar-refractivity contribution in [1.29, 1.82) is 0 Å². The molecule has 4 aromatic rings. The molecule has 2 aromatic heterocycles. The second-order valence-electron chi connectivity index (χ2n) is 8.29. The maximum absolute atomic E-state index is 13.3. The second-order valence-corrected chi connectivity index (χ2v) is 9.35. The van der Waals surface area contributed by atoms with Gasteiger partial charge < -0.3 is 10.1 Å². The van der Waals surface area contributed by atoms with Crippen LogP contribution in [0.3, 0.4) is 0 Å². The highest BCUT2D eigenvalue weighted by Crippen LogP contribution is 2.56. The Bertz CT molecular complexity index is 1580. The number of hydrogen-bond acceptors (Lipinski definition) is 7. The molecule has 0 saturated heterocycles. The van der Waals surface area contributed by atoms with E-state index < -0.39 is 4.87 Å². The number of aryl methyl sites for hydroxylation is 1. The number of anilines is 1. The molecule has 1 amide bonds. The molecule has 1 spiro atoms. The third-order valence-corrected chi connectivity index (χ3v) is 7.52. The second kappa shape index (κ2) is 6.91. The van der Waals surface area contributed by atoms with Crippen LogP contribution in [0.2, 0.25) is 0 Å². The first-order chi connectivity index (χ1) is 16.6. The summed E-state index contributed by atoms with van der Waals surface area (Å²) >= 11 is 1.40. The molecular weight excluding hydrogens is 446 g/mol. The number of pyridine rings is 2. The highest BCUT2D eigenvalue weighted by atomic mass is 32.2. The summed E-state index contributed by atoms with van der Waals surface area (Å²) in [5.74, 6) is 0.789. The highest BCUT2D eigenvalue weighted by Gasteiger charge is 2.59. The summed E-state index contributed by atoms with van der Waals surface area (Å²) < 4.78 is 6.24. The zero-order valence-corrected chi connectivity index (χ0v) is 18.8. The summed E-state index contributed by atoms with van der Waals surface area (Å²) in [7, 11) is 0. The largest absolute Gasteiger partial charge is 0.418 e. The Kier molecular flexibility index (Phi) is 3.93. The summed E-state index contributed by atoms with van der Waals surface area (Å²) in [6.45, 7) is 1.99. The maximum atomic E-state index is 13.3. The molecule has 3 aliphatic heterocycles. The van der Waals surface area contributed by atoms with Gasteiger partial charge in [0.2, 0.25) is 16.7 Å². The zero-order valence-electron chi connectivity index (χ0n) is 18.0. The van der Waals surface area contributed by atoms with E-state index in [2.05, 4.69) is 10.3 Å². The van der Waals surface area contributed by atoms with Crippen LogP contribution >= 0.6 is 11.8 Å². The monoisotopic (exact) mass is 463 g/mol. The number of rotatable bonds is 2. The van der Waals surface area contributed by atoms with Gasteiger partial charge in [0, 0.05) is 28.1 Å². The molecule has 3 aliphatic rings. The summed E-state index contributed by atoms with van der Waals surface area (Å²) in [6, 6.07) is 21.6. The average molecular weight is 464 g/mol. The number of carbonyl (C=O) groups is 1. The van der Waals surface area contributed by atoms with Gasteiger partial charge in [0.05, 0.1) is 16.9 Å². The van der Waals surface area contributed by atoms with E-state index in [4.69, 9.17) is 14.8 Å². The predicted octanol–water partition coefficient (Wildman–Crippen LogP) is 4.95. The summed E-state index contributed by atoms with van der Waals surface area (Å²) in [4.78, 5) is 21.5. The van der Waals surface area contributed by atoms with E-state index >= 15 is 0 Å². The Morgan fingerprint density at radius 1 is 1.06 bits per heavy atom. The number of nitrogens with one attached hydrogen (secondary N) is 1. The van der Waals surface area contributed by atoms with Gasteiger partial charge in [-0.2, -0.15) is 5.01 Å². The Hall–Kier alpha value is -4.17. The molecule has 1 N–H and O–H groups in total. The van der Waals surface area contributed by atoms with E-state index in [9.17, 15) is 4.79 Å². The van der Waals surface area contributed by atoms with Crippen molar-refractivity contribution in [2.24, 2.45) is 5.10 Å². The van der Waals surface area contributed by atoms with E-state index in [0.29, 0.717) is 17.4 Å². The quantitative estimate of drug-likeness (QED) is 0.453. The van der Waals surface area contributed by atoms with E-state index in [0.717, 1.165) is 39.0 Å². The Morgan fingerprint density at radius 2 is 1.94 bits per heavy atom. The topological polar surface area (TPSA) is 79.7 Å². The third-order valence-electron chi connectivity index (χ3n) is 6.28. The van der Waals surface area contributed by atoms with E-state index in [-0.39, 0.29) is 5.91 Å². The Morgan fingerprint density at radius 3 is 2.82 bits per heavy atom. The van der Waals surface area contributed by atoms with E-state index in [1.54, 1.807) is 11.2 Å². The van der Waals surface area contributed by atoms with Crippen molar-refractivity contribution >= 4 is 40.3 Å². The molecule has 0 radical (unpaired) electrons. The van der Waals surface area contributed by atoms with Crippen LogP contribution in [-0.4, -0.2) is 26.8 Å². The lowest BCUT2D eigenvalue weighted by molar-refractivity contribution is -0.121. The van der Waals surface area contributed by atoms with Gasteiger partial charge in [-0.3, -0.25) is 4.79 Å². The van der Waals surface area contributed by atoms with Crippen LogP contribution in [0, 0.1) is 6.92 Å². The summed E-state index contributed by atoms with van der Waals surface area (Å²) in [5, 5.41) is 12.3. The zero-order chi connectivity index (χ0) is 22.9. The van der Waals surface area contributed by atoms with Gasteiger partial charge in [-0.1, -0.05) is 60.3 Å². The van der Waals surface area contributed by atoms with Gasteiger partial charge in [-0.25, -0.2) is 9.97 Å². The first kappa shape index (κ1) is 19.3. The molecule has 1 atom stereocenters. The molecule has 0 aliphatic carbocycles. The van der Waals surface area contributed by atoms with Crippen LogP contribution in [-0.2, 0) is 14.4 Å². The van der Waals surface area contributed by atoms with Crippen molar-refractivity contribution in [2.45, 2.75) is 11.8 Å². The minimum atomic E-state index is -1.03. The standard InChI is InChI=1S/C26H17N5O2S/c1-15-7-5-11-19-21(15)29-25(32)26(19)31-20(14-34-26)33-24(30-31)18-13-17-10-6-12-27-23(17)28-22(18)16-8-3-2-4-9-16/h2-14H,1H3,(H,29,32). The molecular formula is C26H17N5O2S. The summed E-state index contributed by atoms with van der Waals surface area (Å²) in [6.07, 6.45) is 1.73. The highest BCUT2D eigenvalue weighted by molar-refractivity contribution is 8.04. The van der Waals surface area contributed by atoms with Crippen molar-refractivity contribution in [3.8, 4) is 11.3 Å². The minimum Gasteiger partial charge on any atom is -0.418 e. The van der Waals surface area contributed by atoms with Gasteiger partial charge in [-0.05, 0) is 30.7 Å². The van der Waals surface area contributed by atoms with Crippen molar-refractivity contribution in [3.05, 3.63) is 101 Å².